The fraction of sp³-hybridized carbons (Fsp3) is 0.348. The molecule has 0 aliphatic rings. The number of anilines is 1. The van der Waals surface area contributed by atoms with Crippen molar-refractivity contribution in [2.24, 2.45) is 0 Å². The minimum atomic E-state index is -0.576. The summed E-state index contributed by atoms with van der Waals surface area (Å²) in [4.78, 5) is 25.8. The van der Waals surface area contributed by atoms with E-state index in [-0.39, 0.29) is 12.2 Å². The molecule has 0 saturated carbocycles. The van der Waals surface area contributed by atoms with Crippen LogP contribution in [-0.2, 0) is 9.53 Å². The molecular weight excluding hydrogens is 400 g/mol. The van der Waals surface area contributed by atoms with Crippen molar-refractivity contribution >= 4 is 34.3 Å². The minimum Gasteiger partial charge on any atom is -0.494 e. The zero-order valence-electron chi connectivity index (χ0n) is 17.7. The van der Waals surface area contributed by atoms with Crippen LogP contribution < -0.4 is 10.1 Å². The van der Waals surface area contributed by atoms with E-state index in [1.165, 1.54) is 17.4 Å². The van der Waals surface area contributed by atoms with E-state index in [0.717, 1.165) is 29.0 Å². The van der Waals surface area contributed by atoms with Gasteiger partial charge in [-0.05, 0) is 56.5 Å². The topological polar surface area (TPSA) is 88.4 Å². The number of aryl methyl sites for hydroxylation is 1. The van der Waals surface area contributed by atoms with Crippen LogP contribution >= 0.6 is 11.3 Å². The van der Waals surface area contributed by atoms with Crippen molar-refractivity contribution in [1.29, 1.82) is 5.26 Å². The molecule has 0 aliphatic heterocycles. The SMILES string of the molecule is CCCCOc1ccc(C=C(C#N)C(=O)Nc2sc(C)c(C)c2C(=O)OCC)cc1. The maximum Gasteiger partial charge on any atom is 0.341 e. The Balaban J connectivity index is 2.18. The highest BCUT2D eigenvalue weighted by Gasteiger charge is 2.23. The van der Waals surface area contributed by atoms with Crippen molar-refractivity contribution in [2.75, 3.05) is 18.5 Å². The monoisotopic (exact) mass is 426 g/mol. The molecule has 6 nitrogen and oxygen atoms in total. The van der Waals surface area contributed by atoms with Crippen molar-refractivity contribution in [3.63, 3.8) is 0 Å². The van der Waals surface area contributed by atoms with E-state index in [1.807, 2.05) is 13.0 Å². The van der Waals surface area contributed by atoms with Gasteiger partial charge in [0.25, 0.3) is 5.91 Å². The summed E-state index contributed by atoms with van der Waals surface area (Å²) < 4.78 is 10.7. The second kappa shape index (κ2) is 11.2. The molecule has 0 bridgehead atoms. The van der Waals surface area contributed by atoms with Gasteiger partial charge in [-0.3, -0.25) is 4.79 Å². The predicted octanol–water partition coefficient (Wildman–Crippen LogP) is 5.27. The molecule has 2 rings (SSSR count). The molecule has 7 heteroatoms. The maximum atomic E-state index is 12.7. The number of rotatable bonds is 9. The maximum absolute atomic E-state index is 12.7. The second-order valence-electron chi connectivity index (χ2n) is 6.60. The predicted molar refractivity (Wildman–Crippen MR) is 119 cm³/mol. The Kier molecular flexibility index (Phi) is 8.63. The smallest absolute Gasteiger partial charge is 0.341 e. The molecule has 1 amide bonds. The van der Waals surface area contributed by atoms with Crippen molar-refractivity contribution in [2.45, 2.75) is 40.5 Å². The van der Waals surface area contributed by atoms with Gasteiger partial charge in [-0.2, -0.15) is 5.26 Å². The highest BCUT2D eigenvalue weighted by Crippen LogP contribution is 2.33. The van der Waals surface area contributed by atoms with E-state index in [9.17, 15) is 14.9 Å². The number of benzene rings is 1. The van der Waals surface area contributed by atoms with Crippen molar-refractivity contribution < 1.29 is 19.1 Å². The van der Waals surface area contributed by atoms with Gasteiger partial charge >= 0.3 is 5.97 Å². The highest BCUT2D eigenvalue weighted by atomic mass is 32.1. The molecule has 30 heavy (non-hydrogen) atoms. The summed E-state index contributed by atoms with van der Waals surface area (Å²) in [7, 11) is 0. The van der Waals surface area contributed by atoms with E-state index in [2.05, 4.69) is 12.2 Å². The number of hydrogen-bond acceptors (Lipinski definition) is 6. The van der Waals surface area contributed by atoms with Gasteiger partial charge in [-0.1, -0.05) is 25.5 Å². The Morgan fingerprint density at radius 1 is 1.20 bits per heavy atom. The van der Waals surface area contributed by atoms with Gasteiger partial charge in [0.15, 0.2) is 0 Å². The van der Waals surface area contributed by atoms with Gasteiger partial charge in [0.2, 0.25) is 0 Å². The lowest BCUT2D eigenvalue weighted by molar-refractivity contribution is -0.112. The first kappa shape index (κ1) is 23.2. The summed E-state index contributed by atoms with van der Waals surface area (Å²) in [5.74, 6) is -0.324. The lowest BCUT2D eigenvalue weighted by Gasteiger charge is -2.07. The number of carbonyl (C=O) groups excluding carboxylic acids is 2. The molecule has 1 heterocycles. The number of thiophene rings is 1. The quantitative estimate of drug-likeness (QED) is 0.255. The van der Waals surface area contributed by atoms with E-state index in [4.69, 9.17) is 9.47 Å². The summed E-state index contributed by atoms with van der Waals surface area (Å²) in [6.45, 7) is 8.38. The number of nitrogens with zero attached hydrogens (tertiary/aromatic N) is 1. The molecule has 0 aliphatic carbocycles. The van der Waals surface area contributed by atoms with Crippen LogP contribution in [0.2, 0.25) is 0 Å². The van der Waals surface area contributed by atoms with Crippen molar-refractivity contribution in [3.8, 4) is 11.8 Å². The highest BCUT2D eigenvalue weighted by molar-refractivity contribution is 7.16. The molecule has 1 aromatic carbocycles. The molecule has 0 unspecified atom stereocenters. The minimum absolute atomic E-state index is 0.0619. The van der Waals surface area contributed by atoms with Crippen molar-refractivity contribution in [3.05, 3.63) is 51.4 Å². The molecule has 1 aromatic heterocycles. The van der Waals surface area contributed by atoms with E-state index < -0.39 is 11.9 Å². The van der Waals surface area contributed by atoms with Crippen LogP contribution in [0.3, 0.4) is 0 Å². The first-order valence-corrected chi connectivity index (χ1v) is 10.7. The van der Waals surface area contributed by atoms with Gasteiger partial charge < -0.3 is 14.8 Å². The number of nitriles is 1. The van der Waals surface area contributed by atoms with Crippen LogP contribution in [0.4, 0.5) is 5.00 Å². The third-order valence-corrected chi connectivity index (χ3v) is 5.54. The number of hydrogen-bond donors (Lipinski definition) is 1. The first-order chi connectivity index (χ1) is 14.4. The number of ether oxygens (including phenoxy) is 2. The zero-order valence-corrected chi connectivity index (χ0v) is 18.5. The molecule has 0 atom stereocenters. The van der Waals surface area contributed by atoms with Crippen LogP contribution in [0.25, 0.3) is 6.08 Å². The summed E-state index contributed by atoms with van der Waals surface area (Å²) in [6, 6.07) is 9.11. The van der Waals surface area contributed by atoms with Crippen LogP contribution in [0.15, 0.2) is 29.8 Å². The molecule has 0 fully saturated rings. The van der Waals surface area contributed by atoms with Crippen LogP contribution in [0, 0.1) is 25.2 Å². The Labute approximate surface area is 181 Å². The lowest BCUT2D eigenvalue weighted by Crippen LogP contribution is -2.16. The standard InChI is InChI=1S/C23H26N2O4S/c1-5-7-12-29-19-10-8-17(9-11-19)13-18(14-24)21(26)25-22-20(23(27)28-6-2)15(3)16(4)30-22/h8-11,13H,5-7,12H2,1-4H3,(H,25,26). The molecule has 0 spiro atoms. The summed E-state index contributed by atoms with van der Waals surface area (Å²) in [6.07, 6.45) is 3.54. The molecular formula is C23H26N2O4S. The third kappa shape index (κ3) is 5.94. The number of esters is 1. The average molecular weight is 427 g/mol. The summed E-state index contributed by atoms with van der Waals surface area (Å²) >= 11 is 1.28. The number of nitrogens with one attached hydrogen (secondary N) is 1. The Bertz CT molecular complexity index is 968. The van der Waals surface area contributed by atoms with Gasteiger partial charge in [0.05, 0.1) is 18.8 Å². The Hall–Kier alpha value is -3.11. The van der Waals surface area contributed by atoms with Gasteiger partial charge in [-0.15, -0.1) is 11.3 Å². The Morgan fingerprint density at radius 3 is 2.50 bits per heavy atom. The third-order valence-electron chi connectivity index (χ3n) is 4.41. The summed E-state index contributed by atoms with van der Waals surface area (Å²) in [5.41, 5.74) is 1.73. The number of unbranched alkanes of at least 4 members (excludes halogenated alkanes) is 1. The molecule has 1 N–H and O–H groups in total. The molecule has 158 valence electrons. The number of amides is 1. The van der Waals surface area contributed by atoms with Gasteiger partial charge in [0, 0.05) is 4.88 Å². The van der Waals surface area contributed by atoms with Crippen molar-refractivity contribution in [1.82, 2.24) is 0 Å². The fourth-order valence-electron chi connectivity index (χ4n) is 2.64. The molecule has 2 aromatic rings. The van der Waals surface area contributed by atoms with Gasteiger partial charge in [0.1, 0.15) is 22.4 Å². The zero-order chi connectivity index (χ0) is 22.1. The second-order valence-corrected chi connectivity index (χ2v) is 7.83. The van der Waals surface area contributed by atoms with Crippen LogP contribution in [-0.4, -0.2) is 25.1 Å². The lowest BCUT2D eigenvalue weighted by atomic mass is 10.1. The van der Waals surface area contributed by atoms with E-state index in [1.54, 1.807) is 38.1 Å². The molecule has 0 saturated heterocycles. The fourth-order valence-corrected chi connectivity index (χ4v) is 3.69. The summed E-state index contributed by atoms with van der Waals surface area (Å²) in [5, 5.41) is 12.5. The largest absolute Gasteiger partial charge is 0.494 e. The average Bonchev–Trinajstić information content (AvgIpc) is 3.00. The molecule has 0 radical (unpaired) electrons. The Morgan fingerprint density at radius 2 is 1.90 bits per heavy atom. The van der Waals surface area contributed by atoms with Crippen LogP contribution in [0.5, 0.6) is 5.75 Å². The van der Waals surface area contributed by atoms with Gasteiger partial charge in [-0.25, -0.2) is 4.79 Å². The normalized spacial score (nSPS) is 11.0. The number of carbonyl (C=O) groups is 2. The van der Waals surface area contributed by atoms with E-state index >= 15 is 0 Å². The first-order valence-electron chi connectivity index (χ1n) is 9.84. The van der Waals surface area contributed by atoms with Crippen LogP contribution in [0.1, 0.15) is 53.1 Å². The van der Waals surface area contributed by atoms with E-state index in [0.29, 0.717) is 22.7 Å².